The molecule has 0 amide bonds. The number of quaternary nitrogens is 1. The zero-order chi connectivity index (χ0) is 19.3. The van der Waals surface area contributed by atoms with Crippen molar-refractivity contribution < 1.29 is 14.8 Å². The largest absolute Gasteiger partial charge is 0.318 e. The van der Waals surface area contributed by atoms with Gasteiger partial charge in [-0.05, 0) is 0 Å². The molecule has 6 heteroatoms. The van der Waals surface area contributed by atoms with Crippen LogP contribution in [0.2, 0.25) is 0 Å². The Labute approximate surface area is 164 Å². The minimum Gasteiger partial charge on any atom is -0.318 e. The van der Waals surface area contributed by atoms with Crippen LogP contribution in [0.25, 0.3) is 0 Å². The van der Waals surface area contributed by atoms with Crippen molar-refractivity contribution in [3.8, 4) is 0 Å². The minimum absolute atomic E-state index is 0.0845. The first-order valence-corrected chi connectivity index (χ1v) is 9.58. The summed E-state index contributed by atoms with van der Waals surface area (Å²) in [7, 11) is 0. The number of H-pyrrole nitrogens is 1. The topological polar surface area (TPSA) is 65.0 Å². The maximum Gasteiger partial charge on any atom is 0.308 e. The van der Waals surface area contributed by atoms with Crippen LogP contribution in [-0.2, 0) is 0 Å². The SMILES string of the molecule is O=[N+]([O-])c1ccc(N2CC[NH+](C(c3ccccc3)c3ccccc3)CC2)[nH+]c1. The molecular weight excluding hydrogens is 352 g/mol. The van der Waals surface area contributed by atoms with Gasteiger partial charge in [0.25, 0.3) is 5.82 Å². The molecule has 2 aromatic carbocycles. The molecule has 4 rings (SSSR count). The van der Waals surface area contributed by atoms with E-state index in [1.165, 1.54) is 22.2 Å². The van der Waals surface area contributed by atoms with Gasteiger partial charge in [0, 0.05) is 23.3 Å². The lowest BCUT2D eigenvalue weighted by Crippen LogP contribution is -3.15. The van der Waals surface area contributed by atoms with E-state index in [1.54, 1.807) is 12.1 Å². The molecule has 6 nitrogen and oxygen atoms in total. The van der Waals surface area contributed by atoms with E-state index in [0.29, 0.717) is 6.04 Å². The van der Waals surface area contributed by atoms with Gasteiger partial charge in [-0.2, -0.15) is 0 Å². The third-order valence-corrected chi connectivity index (χ3v) is 5.41. The summed E-state index contributed by atoms with van der Waals surface area (Å²) in [6.45, 7) is 3.80. The Balaban J connectivity index is 1.51. The maximum absolute atomic E-state index is 10.8. The van der Waals surface area contributed by atoms with E-state index < -0.39 is 0 Å². The molecule has 0 bridgehead atoms. The van der Waals surface area contributed by atoms with E-state index in [2.05, 4.69) is 70.5 Å². The fourth-order valence-electron chi connectivity index (χ4n) is 4.00. The number of pyridine rings is 1. The number of nitro groups is 1. The highest BCUT2D eigenvalue weighted by atomic mass is 16.6. The molecule has 1 aliphatic rings. The Kier molecular flexibility index (Phi) is 5.30. The molecule has 0 unspecified atom stereocenters. The Morgan fingerprint density at radius 1 is 0.893 bits per heavy atom. The van der Waals surface area contributed by atoms with Crippen molar-refractivity contribution in [1.82, 2.24) is 0 Å². The van der Waals surface area contributed by atoms with Crippen molar-refractivity contribution in [2.75, 3.05) is 31.1 Å². The Morgan fingerprint density at radius 2 is 1.46 bits per heavy atom. The van der Waals surface area contributed by atoms with Crippen molar-refractivity contribution in [2.24, 2.45) is 0 Å². The third-order valence-electron chi connectivity index (χ3n) is 5.41. The van der Waals surface area contributed by atoms with Crippen molar-refractivity contribution >= 4 is 11.5 Å². The highest BCUT2D eigenvalue weighted by Gasteiger charge is 2.33. The quantitative estimate of drug-likeness (QED) is 0.546. The highest BCUT2D eigenvalue weighted by Crippen LogP contribution is 2.20. The molecule has 1 saturated heterocycles. The normalized spacial score (nSPS) is 15.0. The molecule has 0 atom stereocenters. The smallest absolute Gasteiger partial charge is 0.308 e. The summed E-state index contributed by atoms with van der Waals surface area (Å²) < 4.78 is 0. The summed E-state index contributed by atoms with van der Waals surface area (Å²) in [6.07, 6.45) is 1.46. The van der Waals surface area contributed by atoms with Gasteiger partial charge in [-0.15, -0.1) is 0 Å². The molecule has 0 radical (unpaired) electrons. The monoisotopic (exact) mass is 376 g/mol. The molecule has 142 valence electrons. The van der Waals surface area contributed by atoms with Crippen LogP contribution in [0.1, 0.15) is 17.2 Å². The predicted octanol–water partition coefficient (Wildman–Crippen LogP) is 1.90. The van der Waals surface area contributed by atoms with Crippen molar-refractivity contribution in [1.29, 1.82) is 0 Å². The lowest BCUT2D eigenvalue weighted by atomic mass is 9.96. The number of nitrogens with zero attached hydrogens (tertiary/aromatic N) is 2. The van der Waals surface area contributed by atoms with E-state index in [1.807, 2.05) is 0 Å². The maximum atomic E-state index is 10.8. The molecule has 2 heterocycles. The number of aromatic nitrogens is 1. The number of rotatable bonds is 5. The molecule has 3 aromatic rings. The van der Waals surface area contributed by atoms with Gasteiger partial charge < -0.3 is 4.90 Å². The van der Waals surface area contributed by atoms with Crippen LogP contribution in [0.15, 0.2) is 79.0 Å². The van der Waals surface area contributed by atoms with Gasteiger partial charge in [0.1, 0.15) is 32.2 Å². The summed E-state index contributed by atoms with van der Waals surface area (Å²) in [4.78, 5) is 17.3. The number of aromatic amines is 1. The van der Waals surface area contributed by atoms with Crippen LogP contribution in [0.5, 0.6) is 0 Å². The molecule has 2 N–H and O–H groups in total. The molecule has 1 fully saturated rings. The van der Waals surface area contributed by atoms with E-state index >= 15 is 0 Å². The van der Waals surface area contributed by atoms with E-state index in [-0.39, 0.29) is 10.6 Å². The fourth-order valence-corrected chi connectivity index (χ4v) is 4.00. The second-order valence-corrected chi connectivity index (χ2v) is 7.09. The Bertz CT molecular complexity index is 869. The number of anilines is 1. The molecule has 1 aromatic heterocycles. The number of piperazine rings is 1. The average molecular weight is 376 g/mol. The van der Waals surface area contributed by atoms with E-state index in [0.717, 1.165) is 32.0 Å². The van der Waals surface area contributed by atoms with E-state index in [9.17, 15) is 10.1 Å². The fraction of sp³-hybridized carbons (Fsp3) is 0.227. The van der Waals surface area contributed by atoms with Gasteiger partial charge in [0.05, 0.1) is 4.92 Å². The van der Waals surface area contributed by atoms with Gasteiger partial charge in [0.2, 0.25) is 0 Å². The van der Waals surface area contributed by atoms with E-state index in [4.69, 9.17) is 0 Å². The molecule has 0 spiro atoms. The first-order valence-electron chi connectivity index (χ1n) is 9.58. The first-order chi connectivity index (χ1) is 13.7. The second kappa shape index (κ2) is 8.19. The zero-order valence-electron chi connectivity index (χ0n) is 15.6. The predicted molar refractivity (Wildman–Crippen MR) is 107 cm³/mol. The van der Waals surface area contributed by atoms with Gasteiger partial charge in [-0.1, -0.05) is 60.7 Å². The highest BCUT2D eigenvalue weighted by molar-refractivity contribution is 5.37. The zero-order valence-corrected chi connectivity index (χ0v) is 15.6. The minimum atomic E-state index is -0.382. The standard InChI is InChI=1S/C22H22N4O2/c27-26(28)20-11-12-21(23-17-20)24-13-15-25(16-14-24)22(18-7-3-1-4-8-18)19-9-5-2-6-10-19/h1-12,17,22H,13-16H2/p+2. The van der Waals surface area contributed by atoms with Crippen molar-refractivity contribution in [2.45, 2.75) is 6.04 Å². The summed E-state index contributed by atoms with van der Waals surface area (Å²) >= 11 is 0. The molecule has 0 aliphatic carbocycles. The number of nitrogens with one attached hydrogen (secondary N) is 2. The summed E-state index contributed by atoms with van der Waals surface area (Å²) in [5.74, 6) is 0.931. The number of benzene rings is 2. The van der Waals surface area contributed by atoms with Crippen LogP contribution in [-0.4, -0.2) is 31.1 Å². The van der Waals surface area contributed by atoms with Crippen LogP contribution in [0, 0.1) is 10.1 Å². The van der Waals surface area contributed by atoms with Crippen LogP contribution in [0.3, 0.4) is 0 Å². The van der Waals surface area contributed by atoms with Gasteiger partial charge in [-0.3, -0.25) is 15.0 Å². The Morgan fingerprint density at radius 3 is 1.93 bits per heavy atom. The summed E-state index contributed by atoms with van der Waals surface area (Å²) in [5, 5.41) is 10.8. The lowest BCUT2D eigenvalue weighted by Gasteiger charge is -2.34. The van der Waals surface area contributed by atoms with Gasteiger partial charge >= 0.3 is 5.69 Å². The third kappa shape index (κ3) is 3.87. The van der Waals surface area contributed by atoms with Gasteiger partial charge in [-0.25, -0.2) is 4.98 Å². The number of hydrogen-bond acceptors (Lipinski definition) is 3. The molecule has 28 heavy (non-hydrogen) atoms. The average Bonchev–Trinajstić information content (AvgIpc) is 2.76. The number of hydrogen-bond donors (Lipinski definition) is 1. The Hall–Kier alpha value is -3.25. The lowest BCUT2D eigenvalue weighted by molar-refractivity contribution is -0.926. The van der Waals surface area contributed by atoms with Gasteiger partial charge in [0.15, 0.2) is 6.20 Å². The van der Waals surface area contributed by atoms with Crippen LogP contribution < -0.4 is 14.8 Å². The van der Waals surface area contributed by atoms with Crippen molar-refractivity contribution in [3.63, 3.8) is 0 Å². The molecule has 0 saturated carbocycles. The summed E-state index contributed by atoms with van der Waals surface area (Å²) in [5.41, 5.74) is 2.75. The first kappa shape index (κ1) is 18.1. The van der Waals surface area contributed by atoms with Crippen LogP contribution >= 0.6 is 0 Å². The molecule has 1 aliphatic heterocycles. The second-order valence-electron chi connectivity index (χ2n) is 7.09. The van der Waals surface area contributed by atoms with Crippen molar-refractivity contribution in [3.05, 3.63) is 100 Å². The molecular formula is C22H24N4O2+2. The van der Waals surface area contributed by atoms with Crippen LogP contribution in [0.4, 0.5) is 11.5 Å². The summed E-state index contributed by atoms with van der Waals surface area (Å²) in [6, 6.07) is 25.0.